The third-order valence-electron chi connectivity index (χ3n) is 5.16. The molecule has 0 atom stereocenters. The lowest BCUT2D eigenvalue weighted by Crippen LogP contribution is -2.48. The number of anilines is 2. The van der Waals surface area contributed by atoms with Crippen LogP contribution < -0.4 is 16.0 Å². The van der Waals surface area contributed by atoms with Gasteiger partial charge >= 0.3 is 5.97 Å². The van der Waals surface area contributed by atoms with Crippen LogP contribution in [0.3, 0.4) is 0 Å². The molecule has 0 saturated carbocycles. The van der Waals surface area contributed by atoms with Gasteiger partial charge in [-0.2, -0.15) is 0 Å². The molecule has 7 heteroatoms. The summed E-state index contributed by atoms with van der Waals surface area (Å²) in [6.45, 7) is 9.59. The quantitative estimate of drug-likeness (QED) is 0.720. The van der Waals surface area contributed by atoms with Crippen molar-refractivity contribution < 1.29 is 9.63 Å². The van der Waals surface area contributed by atoms with E-state index in [1.165, 1.54) is 0 Å². The fourth-order valence-corrected chi connectivity index (χ4v) is 3.45. The molecule has 1 aliphatic rings. The summed E-state index contributed by atoms with van der Waals surface area (Å²) < 4.78 is 0. The Morgan fingerprint density at radius 2 is 1.77 bits per heavy atom. The molecule has 1 fully saturated rings. The van der Waals surface area contributed by atoms with Gasteiger partial charge in [-0.3, -0.25) is 0 Å². The lowest BCUT2D eigenvalue weighted by molar-refractivity contribution is -0.201. The Morgan fingerprint density at radius 1 is 1.10 bits per heavy atom. The number of hydrogen-bond donors (Lipinski definition) is 2. The van der Waals surface area contributed by atoms with Gasteiger partial charge in [-0.05, 0) is 50.6 Å². The van der Waals surface area contributed by atoms with E-state index < -0.39 is 5.41 Å². The number of nitrogens with zero attached hydrogens (tertiary/aromatic N) is 2. The van der Waals surface area contributed by atoms with Gasteiger partial charge in [0.05, 0.1) is 18.5 Å². The van der Waals surface area contributed by atoms with Crippen molar-refractivity contribution in [1.82, 2.24) is 5.06 Å². The van der Waals surface area contributed by atoms with Crippen LogP contribution in [0.4, 0.5) is 11.4 Å². The van der Waals surface area contributed by atoms with Crippen molar-refractivity contribution in [2.24, 2.45) is 11.1 Å². The normalized spacial score (nSPS) is 15.2. The first kappa shape index (κ1) is 22.4. The molecule has 1 saturated heterocycles. The van der Waals surface area contributed by atoms with E-state index in [-0.39, 0.29) is 5.97 Å². The number of piperazine rings is 1. The predicted octanol–water partition coefficient (Wildman–Crippen LogP) is 4.04. The summed E-state index contributed by atoms with van der Waals surface area (Å²) in [5.41, 5.74) is 10.0. The zero-order valence-electron chi connectivity index (χ0n) is 18.0. The first-order valence-corrected chi connectivity index (χ1v) is 10.7. The number of nitrogens with two attached hydrogens (primary N) is 1. The number of hydroxylamine groups is 2. The van der Waals surface area contributed by atoms with E-state index in [2.05, 4.69) is 22.3 Å². The molecular weight excluding hydrogens is 400 g/mol. The average molecular weight is 431 g/mol. The van der Waals surface area contributed by atoms with Crippen molar-refractivity contribution in [1.29, 1.82) is 0 Å². The van der Waals surface area contributed by atoms with Gasteiger partial charge in [0.1, 0.15) is 0 Å². The molecule has 3 N–H and O–H groups in total. The lowest BCUT2D eigenvalue weighted by Gasteiger charge is -2.37. The van der Waals surface area contributed by atoms with Crippen LogP contribution in [-0.4, -0.2) is 37.2 Å². The fraction of sp³-hybridized carbons (Fsp3) is 0.435. The average Bonchev–Trinajstić information content (AvgIpc) is 2.73. The second-order valence-corrected chi connectivity index (χ2v) is 8.97. The summed E-state index contributed by atoms with van der Waals surface area (Å²) >= 11 is 5.97. The van der Waals surface area contributed by atoms with Gasteiger partial charge in [-0.15, -0.1) is 5.06 Å². The molecule has 0 spiro atoms. The number of carbonyl (C=O) groups is 1. The van der Waals surface area contributed by atoms with Crippen LogP contribution in [-0.2, 0) is 22.7 Å². The molecule has 30 heavy (non-hydrogen) atoms. The summed E-state index contributed by atoms with van der Waals surface area (Å²) in [6, 6.07) is 14.0. The molecule has 0 aromatic heterocycles. The van der Waals surface area contributed by atoms with E-state index in [1.807, 2.05) is 51.1 Å². The fourth-order valence-electron chi connectivity index (χ4n) is 3.33. The smallest absolute Gasteiger partial charge is 0.330 e. The molecule has 0 bridgehead atoms. The number of carbonyl (C=O) groups excluding carboxylic acids is 1. The van der Waals surface area contributed by atoms with Crippen LogP contribution in [0.2, 0.25) is 5.02 Å². The zero-order valence-corrected chi connectivity index (χ0v) is 18.7. The summed E-state index contributed by atoms with van der Waals surface area (Å²) in [5, 5.41) is 5.99. The molecule has 0 radical (unpaired) electrons. The number of hydrogen-bond acceptors (Lipinski definition) is 6. The maximum atomic E-state index is 12.1. The molecule has 1 heterocycles. The van der Waals surface area contributed by atoms with Crippen LogP contribution in [0.15, 0.2) is 42.5 Å². The van der Waals surface area contributed by atoms with Crippen LogP contribution in [0.1, 0.15) is 31.9 Å². The second-order valence-electron chi connectivity index (χ2n) is 8.53. The van der Waals surface area contributed by atoms with Crippen LogP contribution in [0, 0.1) is 5.41 Å². The predicted molar refractivity (Wildman–Crippen MR) is 122 cm³/mol. The van der Waals surface area contributed by atoms with Crippen molar-refractivity contribution in [2.75, 3.05) is 36.4 Å². The minimum absolute atomic E-state index is 0.202. The minimum Gasteiger partial charge on any atom is -0.381 e. The van der Waals surface area contributed by atoms with Crippen molar-refractivity contribution >= 4 is 28.9 Å². The van der Waals surface area contributed by atoms with Crippen molar-refractivity contribution in [2.45, 2.75) is 33.9 Å². The van der Waals surface area contributed by atoms with Gasteiger partial charge in [0.15, 0.2) is 0 Å². The summed E-state index contributed by atoms with van der Waals surface area (Å²) in [6.07, 6.45) is 0. The van der Waals surface area contributed by atoms with Crippen molar-refractivity contribution in [3.8, 4) is 0 Å². The molecular formula is C23H31ClN4O2. The van der Waals surface area contributed by atoms with E-state index in [0.717, 1.165) is 40.6 Å². The van der Waals surface area contributed by atoms with E-state index in [0.29, 0.717) is 26.2 Å². The molecule has 2 aromatic carbocycles. The van der Waals surface area contributed by atoms with Crippen molar-refractivity contribution in [3.05, 3.63) is 58.6 Å². The molecule has 2 aromatic rings. The molecule has 0 amide bonds. The second kappa shape index (κ2) is 9.69. The molecule has 0 unspecified atom stereocenters. The summed E-state index contributed by atoms with van der Waals surface area (Å²) in [7, 11) is 0. The lowest BCUT2D eigenvalue weighted by atomic mass is 9.98. The van der Waals surface area contributed by atoms with Gasteiger partial charge in [0, 0.05) is 48.1 Å². The Kier molecular flexibility index (Phi) is 7.23. The first-order chi connectivity index (χ1) is 14.3. The number of halogens is 1. The maximum Gasteiger partial charge on any atom is 0.330 e. The largest absolute Gasteiger partial charge is 0.381 e. The molecule has 6 nitrogen and oxygen atoms in total. The highest BCUT2D eigenvalue weighted by Crippen LogP contribution is 2.29. The SMILES string of the molecule is CC(C)(C)C(=O)ON1CCN(c2cccc(NCc3ccc(Cl)cc3)c2CN)CC1. The molecule has 0 aliphatic carbocycles. The van der Waals surface area contributed by atoms with Gasteiger partial charge in [0.25, 0.3) is 0 Å². The van der Waals surface area contributed by atoms with Gasteiger partial charge in [-0.1, -0.05) is 29.8 Å². The van der Waals surface area contributed by atoms with Crippen molar-refractivity contribution in [3.63, 3.8) is 0 Å². The zero-order chi connectivity index (χ0) is 21.7. The highest BCUT2D eigenvalue weighted by molar-refractivity contribution is 6.30. The Morgan fingerprint density at radius 3 is 2.37 bits per heavy atom. The standard InChI is InChI=1S/C23H31ClN4O2/c1-23(2,3)22(29)30-28-13-11-27(12-14-28)21-6-4-5-20(19(21)15-25)26-16-17-7-9-18(24)10-8-17/h4-10,26H,11-16,25H2,1-3H3. The van der Waals surface area contributed by atoms with E-state index >= 15 is 0 Å². The van der Waals surface area contributed by atoms with Gasteiger partial charge < -0.3 is 20.8 Å². The van der Waals surface area contributed by atoms with Gasteiger partial charge in [-0.25, -0.2) is 4.79 Å². The van der Waals surface area contributed by atoms with Crippen LogP contribution in [0.5, 0.6) is 0 Å². The topological polar surface area (TPSA) is 70.8 Å². The van der Waals surface area contributed by atoms with E-state index in [4.69, 9.17) is 22.2 Å². The monoisotopic (exact) mass is 430 g/mol. The number of benzene rings is 2. The number of nitrogens with one attached hydrogen (secondary N) is 1. The molecule has 1 aliphatic heterocycles. The first-order valence-electron chi connectivity index (χ1n) is 10.3. The molecule has 3 rings (SSSR count). The highest BCUT2D eigenvalue weighted by Gasteiger charge is 2.28. The summed E-state index contributed by atoms with van der Waals surface area (Å²) in [4.78, 5) is 20.0. The Balaban J connectivity index is 1.64. The molecule has 162 valence electrons. The van der Waals surface area contributed by atoms with E-state index in [1.54, 1.807) is 5.06 Å². The highest BCUT2D eigenvalue weighted by atomic mass is 35.5. The minimum atomic E-state index is -0.506. The summed E-state index contributed by atoms with van der Waals surface area (Å²) in [5.74, 6) is -0.202. The third kappa shape index (κ3) is 5.65. The van der Waals surface area contributed by atoms with E-state index in [9.17, 15) is 4.79 Å². The maximum absolute atomic E-state index is 12.1. The van der Waals surface area contributed by atoms with Crippen LogP contribution in [0.25, 0.3) is 0 Å². The Labute approximate surface area is 183 Å². The Hall–Kier alpha value is -2.28. The third-order valence-corrected chi connectivity index (χ3v) is 5.41. The number of rotatable bonds is 6. The van der Waals surface area contributed by atoms with Gasteiger partial charge in [0.2, 0.25) is 0 Å². The Bertz CT molecular complexity index is 856. The van der Waals surface area contributed by atoms with Crippen LogP contribution >= 0.6 is 11.6 Å².